The molecule has 0 aliphatic carbocycles. The van der Waals surface area contributed by atoms with Crippen molar-refractivity contribution in [1.82, 2.24) is 20.5 Å². The van der Waals surface area contributed by atoms with Crippen molar-refractivity contribution in [2.24, 2.45) is 0 Å². The Bertz CT molecular complexity index is 419. The predicted molar refractivity (Wildman–Crippen MR) is 71.6 cm³/mol. The zero-order valence-electron chi connectivity index (χ0n) is 11.2. The topological polar surface area (TPSA) is 66.5 Å². The van der Waals surface area contributed by atoms with Gasteiger partial charge in [0.25, 0.3) is 0 Å². The molecular formula is C13H20N4O2. The smallest absolute Gasteiger partial charge is 0.314 e. The van der Waals surface area contributed by atoms with Crippen LogP contribution in [0.5, 0.6) is 0 Å². The first-order valence-electron chi connectivity index (χ1n) is 6.47. The van der Waals surface area contributed by atoms with Gasteiger partial charge < -0.3 is 15.4 Å². The van der Waals surface area contributed by atoms with Gasteiger partial charge in [-0.3, -0.25) is 9.88 Å². The van der Waals surface area contributed by atoms with Crippen LogP contribution in [0.15, 0.2) is 18.3 Å². The van der Waals surface area contributed by atoms with Crippen LogP contribution >= 0.6 is 0 Å². The number of morpholine rings is 1. The molecule has 1 saturated heterocycles. The molecule has 1 aromatic rings. The molecule has 19 heavy (non-hydrogen) atoms. The lowest BCUT2D eigenvalue weighted by Gasteiger charge is -2.26. The third kappa shape index (κ3) is 4.50. The van der Waals surface area contributed by atoms with Gasteiger partial charge in [-0.05, 0) is 17.7 Å². The van der Waals surface area contributed by atoms with Gasteiger partial charge in [0.15, 0.2) is 0 Å². The average Bonchev–Trinajstić information content (AvgIpc) is 2.46. The van der Waals surface area contributed by atoms with E-state index >= 15 is 0 Å². The van der Waals surface area contributed by atoms with E-state index in [9.17, 15) is 4.79 Å². The van der Waals surface area contributed by atoms with Gasteiger partial charge in [0.1, 0.15) is 0 Å². The van der Waals surface area contributed by atoms with E-state index in [4.69, 9.17) is 4.74 Å². The Hall–Kier alpha value is -1.66. The number of hydrogen-bond acceptors (Lipinski definition) is 4. The molecule has 0 saturated carbocycles. The van der Waals surface area contributed by atoms with E-state index in [0.717, 1.165) is 38.5 Å². The van der Waals surface area contributed by atoms with Gasteiger partial charge >= 0.3 is 6.03 Å². The van der Waals surface area contributed by atoms with Crippen LogP contribution in [-0.4, -0.2) is 49.3 Å². The van der Waals surface area contributed by atoms with Crippen LogP contribution in [0.4, 0.5) is 4.79 Å². The number of aromatic nitrogens is 1. The molecule has 1 aliphatic heterocycles. The van der Waals surface area contributed by atoms with Crippen molar-refractivity contribution in [3.8, 4) is 0 Å². The van der Waals surface area contributed by atoms with Crippen LogP contribution in [0.2, 0.25) is 0 Å². The average molecular weight is 264 g/mol. The van der Waals surface area contributed by atoms with Gasteiger partial charge in [-0.25, -0.2) is 4.79 Å². The minimum atomic E-state index is -0.194. The van der Waals surface area contributed by atoms with E-state index < -0.39 is 0 Å². The molecule has 2 rings (SSSR count). The zero-order valence-corrected chi connectivity index (χ0v) is 11.2. The number of carbonyl (C=O) groups is 1. The SMILES string of the molecule is CNC(=O)NCc1cc(CN2CCOCC2)ccn1. The van der Waals surface area contributed by atoms with E-state index in [-0.39, 0.29) is 6.03 Å². The zero-order chi connectivity index (χ0) is 13.5. The Kier molecular flexibility index (Phi) is 5.11. The third-order valence-corrected chi connectivity index (χ3v) is 3.05. The van der Waals surface area contributed by atoms with Gasteiger partial charge in [-0.1, -0.05) is 0 Å². The Morgan fingerprint density at radius 3 is 3.00 bits per heavy atom. The first-order chi connectivity index (χ1) is 9.28. The molecule has 104 valence electrons. The summed E-state index contributed by atoms with van der Waals surface area (Å²) in [5.74, 6) is 0. The highest BCUT2D eigenvalue weighted by molar-refractivity contribution is 5.73. The van der Waals surface area contributed by atoms with Gasteiger partial charge in [0, 0.05) is 32.9 Å². The van der Waals surface area contributed by atoms with Gasteiger partial charge in [-0.15, -0.1) is 0 Å². The van der Waals surface area contributed by atoms with E-state index in [2.05, 4.69) is 20.5 Å². The van der Waals surface area contributed by atoms with Crippen molar-refractivity contribution in [3.63, 3.8) is 0 Å². The maximum atomic E-state index is 11.1. The van der Waals surface area contributed by atoms with Crippen LogP contribution in [-0.2, 0) is 17.8 Å². The molecule has 6 heteroatoms. The van der Waals surface area contributed by atoms with Crippen molar-refractivity contribution < 1.29 is 9.53 Å². The fraction of sp³-hybridized carbons (Fsp3) is 0.538. The first-order valence-corrected chi connectivity index (χ1v) is 6.47. The Morgan fingerprint density at radius 1 is 1.47 bits per heavy atom. The molecule has 2 amide bonds. The highest BCUT2D eigenvalue weighted by Crippen LogP contribution is 2.08. The number of nitrogens with one attached hydrogen (secondary N) is 2. The van der Waals surface area contributed by atoms with Gasteiger partial charge in [0.2, 0.25) is 0 Å². The lowest BCUT2D eigenvalue weighted by atomic mass is 10.2. The monoisotopic (exact) mass is 264 g/mol. The molecule has 2 N–H and O–H groups in total. The maximum absolute atomic E-state index is 11.1. The van der Waals surface area contributed by atoms with Crippen molar-refractivity contribution in [3.05, 3.63) is 29.6 Å². The molecule has 6 nitrogen and oxygen atoms in total. The summed E-state index contributed by atoms with van der Waals surface area (Å²) in [4.78, 5) is 17.7. The summed E-state index contributed by atoms with van der Waals surface area (Å²) in [6.07, 6.45) is 1.79. The fourth-order valence-electron chi connectivity index (χ4n) is 2.00. The Balaban J connectivity index is 1.88. The minimum Gasteiger partial charge on any atom is -0.379 e. The fourth-order valence-corrected chi connectivity index (χ4v) is 2.00. The first kappa shape index (κ1) is 13.8. The molecule has 1 aliphatic rings. The summed E-state index contributed by atoms with van der Waals surface area (Å²) in [6.45, 7) is 4.88. The second-order valence-corrected chi connectivity index (χ2v) is 4.48. The molecule has 2 heterocycles. The standard InChI is InChI=1S/C13H20N4O2/c1-14-13(18)16-9-12-8-11(2-3-15-12)10-17-4-6-19-7-5-17/h2-3,8H,4-7,9-10H2,1H3,(H2,14,16,18). The Morgan fingerprint density at radius 2 is 2.26 bits per heavy atom. The summed E-state index contributed by atoms with van der Waals surface area (Å²) in [7, 11) is 1.59. The summed E-state index contributed by atoms with van der Waals surface area (Å²) < 4.78 is 5.33. The van der Waals surface area contributed by atoms with Gasteiger partial charge in [-0.2, -0.15) is 0 Å². The highest BCUT2D eigenvalue weighted by Gasteiger charge is 2.11. The third-order valence-electron chi connectivity index (χ3n) is 3.05. The number of carbonyl (C=O) groups excluding carboxylic acids is 1. The van der Waals surface area contributed by atoms with Crippen LogP contribution in [0.1, 0.15) is 11.3 Å². The number of amides is 2. The molecule has 1 fully saturated rings. The van der Waals surface area contributed by atoms with Crippen molar-refractivity contribution in [1.29, 1.82) is 0 Å². The van der Waals surface area contributed by atoms with E-state index in [1.54, 1.807) is 13.2 Å². The lowest BCUT2D eigenvalue weighted by Crippen LogP contribution is -2.35. The lowest BCUT2D eigenvalue weighted by molar-refractivity contribution is 0.0342. The van der Waals surface area contributed by atoms with Crippen molar-refractivity contribution in [2.75, 3.05) is 33.4 Å². The molecule has 0 radical (unpaired) electrons. The molecular weight excluding hydrogens is 244 g/mol. The van der Waals surface area contributed by atoms with Crippen LogP contribution in [0.3, 0.4) is 0 Å². The maximum Gasteiger partial charge on any atom is 0.314 e. The Labute approximate surface area is 113 Å². The molecule has 1 aromatic heterocycles. The van der Waals surface area contributed by atoms with Crippen molar-refractivity contribution in [2.45, 2.75) is 13.1 Å². The van der Waals surface area contributed by atoms with Crippen molar-refractivity contribution >= 4 is 6.03 Å². The molecule has 0 spiro atoms. The summed E-state index contributed by atoms with van der Waals surface area (Å²) in [6, 6.07) is 3.85. The molecule has 0 atom stereocenters. The molecule has 0 bridgehead atoms. The van der Waals surface area contributed by atoms with Gasteiger partial charge in [0.05, 0.1) is 25.5 Å². The minimum absolute atomic E-state index is 0.194. The normalized spacial score (nSPS) is 16.1. The summed E-state index contributed by atoms with van der Waals surface area (Å²) >= 11 is 0. The number of ether oxygens (including phenoxy) is 1. The number of rotatable bonds is 4. The second kappa shape index (κ2) is 7.06. The quantitative estimate of drug-likeness (QED) is 0.823. The van der Waals surface area contributed by atoms with E-state index in [1.165, 1.54) is 5.56 Å². The summed E-state index contributed by atoms with van der Waals surface area (Å²) in [5, 5.41) is 5.25. The molecule has 0 unspecified atom stereocenters. The number of hydrogen-bond donors (Lipinski definition) is 2. The molecule has 0 aromatic carbocycles. The largest absolute Gasteiger partial charge is 0.379 e. The van der Waals surface area contributed by atoms with E-state index in [1.807, 2.05) is 12.1 Å². The van der Waals surface area contributed by atoms with E-state index in [0.29, 0.717) is 6.54 Å². The summed E-state index contributed by atoms with van der Waals surface area (Å²) in [5.41, 5.74) is 2.08. The van der Waals surface area contributed by atoms with Crippen LogP contribution in [0, 0.1) is 0 Å². The van der Waals surface area contributed by atoms with Crippen LogP contribution < -0.4 is 10.6 Å². The predicted octanol–water partition coefficient (Wildman–Crippen LogP) is 0.343. The number of pyridine rings is 1. The number of nitrogens with zero attached hydrogens (tertiary/aromatic N) is 2. The number of urea groups is 1. The highest BCUT2D eigenvalue weighted by atomic mass is 16.5. The second-order valence-electron chi connectivity index (χ2n) is 4.48. The van der Waals surface area contributed by atoms with Crippen LogP contribution in [0.25, 0.3) is 0 Å².